The van der Waals surface area contributed by atoms with Crippen LogP contribution in [-0.2, 0) is 27.0 Å². The number of aromatic nitrogens is 1. The number of likely N-dealkylation sites (tertiary alicyclic amines) is 1. The Kier molecular flexibility index (Phi) is 6.07. The number of amides is 2. The molecule has 1 aromatic heterocycles. The van der Waals surface area contributed by atoms with Gasteiger partial charge < -0.3 is 19.1 Å². The molecule has 0 unspecified atom stereocenters. The van der Waals surface area contributed by atoms with E-state index in [1.807, 2.05) is 0 Å². The van der Waals surface area contributed by atoms with E-state index in [0.29, 0.717) is 64.5 Å². The molecule has 28 heavy (non-hydrogen) atoms. The van der Waals surface area contributed by atoms with Crippen LogP contribution in [0.25, 0.3) is 0 Å². The molecule has 0 aliphatic carbocycles. The van der Waals surface area contributed by atoms with Crippen LogP contribution in [0.3, 0.4) is 0 Å². The average molecular weight is 401 g/mol. The number of ether oxygens (including phenoxy) is 1. The van der Waals surface area contributed by atoms with Gasteiger partial charge in [0.05, 0.1) is 18.8 Å². The number of hydrogen-bond donors (Lipinski definition) is 0. The van der Waals surface area contributed by atoms with Crippen LogP contribution in [0.4, 0.5) is 13.2 Å². The number of hydrogen-bond acceptors (Lipinski definition) is 4. The van der Waals surface area contributed by atoms with E-state index in [-0.39, 0.29) is 11.8 Å². The Bertz CT molecular complexity index is 779. The van der Waals surface area contributed by atoms with Crippen molar-refractivity contribution < 1.29 is 27.5 Å². The van der Waals surface area contributed by atoms with Gasteiger partial charge in [-0.3, -0.25) is 14.4 Å². The summed E-state index contributed by atoms with van der Waals surface area (Å²) < 4.78 is 44.4. The summed E-state index contributed by atoms with van der Waals surface area (Å²) in [5.41, 5.74) is -1.64. The average Bonchev–Trinajstić information content (AvgIpc) is 2.69. The maximum absolute atomic E-state index is 12.8. The van der Waals surface area contributed by atoms with Crippen LogP contribution in [-0.4, -0.2) is 65.6 Å². The van der Waals surface area contributed by atoms with Crippen molar-refractivity contribution in [3.63, 3.8) is 0 Å². The van der Waals surface area contributed by atoms with Crippen molar-refractivity contribution in [1.29, 1.82) is 0 Å². The molecule has 10 heteroatoms. The molecule has 2 aliphatic rings. The Hall–Kier alpha value is -2.36. The molecule has 1 aromatic rings. The standard InChI is InChI=1S/C18H22F3N3O4/c19-18(20,21)14-1-2-15(25)24(11-14)12-16(26)22-5-3-13(4-6-22)17(27)23-7-9-28-10-8-23/h1-2,11,13H,3-10,12H2. The number of rotatable bonds is 3. The second-order valence-electron chi connectivity index (χ2n) is 6.97. The fraction of sp³-hybridized carbons (Fsp3) is 0.611. The number of carbonyl (C=O) groups excluding carboxylic acids is 2. The Morgan fingerprint density at radius 1 is 1.04 bits per heavy atom. The number of halogens is 3. The van der Waals surface area contributed by atoms with Gasteiger partial charge >= 0.3 is 6.18 Å². The first kappa shape index (κ1) is 20.4. The van der Waals surface area contributed by atoms with Gasteiger partial charge in [0, 0.05) is 44.4 Å². The van der Waals surface area contributed by atoms with Gasteiger partial charge in [0.2, 0.25) is 11.8 Å². The summed E-state index contributed by atoms with van der Waals surface area (Å²) in [4.78, 5) is 40.0. The third kappa shape index (κ3) is 4.73. The number of alkyl halides is 3. The highest BCUT2D eigenvalue weighted by atomic mass is 19.4. The maximum atomic E-state index is 12.8. The summed E-state index contributed by atoms with van der Waals surface area (Å²) in [6.45, 7) is 2.40. The molecule has 0 radical (unpaired) electrons. The zero-order chi connectivity index (χ0) is 20.3. The van der Waals surface area contributed by atoms with Crippen molar-refractivity contribution in [3.8, 4) is 0 Å². The van der Waals surface area contributed by atoms with Crippen LogP contribution >= 0.6 is 0 Å². The molecule has 0 bridgehead atoms. The smallest absolute Gasteiger partial charge is 0.378 e. The largest absolute Gasteiger partial charge is 0.417 e. The Morgan fingerprint density at radius 2 is 1.68 bits per heavy atom. The monoisotopic (exact) mass is 401 g/mol. The van der Waals surface area contributed by atoms with E-state index in [9.17, 15) is 27.6 Å². The number of pyridine rings is 1. The van der Waals surface area contributed by atoms with Crippen LogP contribution in [0.5, 0.6) is 0 Å². The summed E-state index contributed by atoms with van der Waals surface area (Å²) in [5.74, 6) is -0.540. The molecule has 0 saturated carbocycles. The normalized spacial score (nSPS) is 19.0. The van der Waals surface area contributed by atoms with Gasteiger partial charge in [-0.25, -0.2) is 0 Å². The van der Waals surface area contributed by atoms with E-state index in [2.05, 4.69) is 0 Å². The fourth-order valence-electron chi connectivity index (χ4n) is 3.49. The van der Waals surface area contributed by atoms with Gasteiger partial charge in [-0.05, 0) is 18.9 Å². The lowest BCUT2D eigenvalue weighted by atomic mass is 9.95. The van der Waals surface area contributed by atoms with Crippen molar-refractivity contribution in [2.24, 2.45) is 5.92 Å². The number of piperidine rings is 1. The lowest BCUT2D eigenvalue weighted by Crippen LogP contribution is -2.48. The number of morpholine rings is 1. The minimum Gasteiger partial charge on any atom is -0.378 e. The molecule has 2 fully saturated rings. The first-order chi connectivity index (χ1) is 13.3. The van der Waals surface area contributed by atoms with E-state index in [1.54, 1.807) is 4.90 Å². The van der Waals surface area contributed by atoms with Crippen LogP contribution in [0.1, 0.15) is 18.4 Å². The van der Waals surface area contributed by atoms with E-state index in [1.165, 1.54) is 4.90 Å². The molecule has 7 nitrogen and oxygen atoms in total. The molecule has 2 amide bonds. The van der Waals surface area contributed by atoms with Gasteiger partial charge in [0.25, 0.3) is 5.56 Å². The Morgan fingerprint density at radius 3 is 2.29 bits per heavy atom. The van der Waals surface area contributed by atoms with Gasteiger partial charge in [-0.2, -0.15) is 13.2 Å². The highest BCUT2D eigenvalue weighted by molar-refractivity contribution is 5.80. The quantitative estimate of drug-likeness (QED) is 0.757. The van der Waals surface area contributed by atoms with E-state index < -0.39 is 29.8 Å². The third-order valence-corrected chi connectivity index (χ3v) is 5.14. The van der Waals surface area contributed by atoms with Crippen LogP contribution in [0, 0.1) is 5.92 Å². The minimum absolute atomic E-state index is 0.0597. The third-order valence-electron chi connectivity index (χ3n) is 5.14. The van der Waals surface area contributed by atoms with Gasteiger partial charge in [-0.15, -0.1) is 0 Å². The molecule has 0 spiro atoms. The topological polar surface area (TPSA) is 71.9 Å². The summed E-state index contributed by atoms with van der Waals surface area (Å²) in [6, 6.07) is 1.51. The van der Waals surface area contributed by atoms with Gasteiger partial charge in [0.15, 0.2) is 0 Å². The fourth-order valence-corrected chi connectivity index (χ4v) is 3.49. The molecule has 0 N–H and O–H groups in total. The van der Waals surface area contributed by atoms with Crippen LogP contribution in [0.15, 0.2) is 23.1 Å². The van der Waals surface area contributed by atoms with E-state index in [4.69, 9.17) is 4.74 Å². The van der Waals surface area contributed by atoms with Crippen molar-refractivity contribution >= 4 is 11.8 Å². The van der Waals surface area contributed by atoms with Crippen LogP contribution < -0.4 is 5.56 Å². The highest BCUT2D eigenvalue weighted by Crippen LogP contribution is 2.28. The Labute approximate surface area is 159 Å². The van der Waals surface area contributed by atoms with E-state index in [0.717, 1.165) is 10.6 Å². The minimum atomic E-state index is -4.59. The highest BCUT2D eigenvalue weighted by Gasteiger charge is 2.33. The lowest BCUT2D eigenvalue weighted by Gasteiger charge is -2.35. The predicted octanol–water partition coefficient (Wildman–Crippen LogP) is 0.965. The maximum Gasteiger partial charge on any atom is 0.417 e. The molecule has 154 valence electrons. The molecule has 2 aliphatic heterocycles. The van der Waals surface area contributed by atoms with Crippen molar-refractivity contribution in [2.45, 2.75) is 25.6 Å². The number of carbonyl (C=O) groups is 2. The summed E-state index contributed by atoms with van der Waals surface area (Å²) in [7, 11) is 0. The zero-order valence-corrected chi connectivity index (χ0v) is 15.3. The first-order valence-corrected chi connectivity index (χ1v) is 9.17. The second kappa shape index (κ2) is 8.34. The van der Waals surface area contributed by atoms with Gasteiger partial charge in [-0.1, -0.05) is 0 Å². The lowest BCUT2D eigenvalue weighted by molar-refractivity contribution is -0.144. The summed E-state index contributed by atoms with van der Waals surface area (Å²) in [6.07, 6.45) is -2.93. The molecule has 0 atom stereocenters. The van der Waals surface area contributed by atoms with Crippen molar-refractivity contribution in [2.75, 3.05) is 39.4 Å². The summed E-state index contributed by atoms with van der Waals surface area (Å²) in [5, 5.41) is 0. The SMILES string of the molecule is O=C(Cn1cc(C(F)(F)F)ccc1=O)N1CCC(C(=O)N2CCOCC2)CC1. The predicted molar refractivity (Wildman–Crippen MR) is 92.4 cm³/mol. The zero-order valence-electron chi connectivity index (χ0n) is 15.3. The molecule has 3 rings (SSSR count). The molecule has 2 saturated heterocycles. The van der Waals surface area contributed by atoms with E-state index >= 15 is 0 Å². The van der Waals surface area contributed by atoms with Crippen LogP contribution in [0.2, 0.25) is 0 Å². The number of nitrogens with zero attached hydrogens (tertiary/aromatic N) is 3. The molecule has 0 aromatic carbocycles. The summed E-state index contributed by atoms with van der Waals surface area (Å²) >= 11 is 0. The van der Waals surface area contributed by atoms with Gasteiger partial charge in [0.1, 0.15) is 6.54 Å². The first-order valence-electron chi connectivity index (χ1n) is 9.17. The second-order valence-corrected chi connectivity index (χ2v) is 6.97. The Balaban J connectivity index is 1.57. The molecular weight excluding hydrogens is 379 g/mol. The molecular formula is C18H22F3N3O4. The van der Waals surface area contributed by atoms with Crippen molar-refractivity contribution in [1.82, 2.24) is 14.4 Å². The molecule has 3 heterocycles. The van der Waals surface area contributed by atoms with Crippen molar-refractivity contribution in [3.05, 3.63) is 34.2 Å².